The van der Waals surface area contributed by atoms with Crippen LogP contribution in [0.4, 0.5) is 20.2 Å². The summed E-state index contributed by atoms with van der Waals surface area (Å²) in [4.78, 5) is 14.5. The van der Waals surface area contributed by atoms with E-state index in [9.17, 15) is 13.6 Å². The van der Waals surface area contributed by atoms with Crippen LogP contribution in [-0.2, 0) is 6.42 Å². The standard InChI is InChI=1S/C18H18F2N2O3/c1-24-15-8-7-11(10-16(15)25-18(19)20)17(23)22-9-3-4-12-13(21)5-2-6-14(12)22/h2,5-8,10,18H,3-4,9,21H2,1H3. The van der Waals surface area contributed by atoms with Crippen molar-refractivity contribution in [1.29, 1.82) is 0 Å². The molecule has 0 aliphatic carbocycles. The predicted molar refractivity (Wildman–Crippen MR) is 90.5 cm³/mol. The van der Waals surface area contributed by atoms with Gasteiger partial charge >= 0.3 is 6.61 Å². The summed E-state index contributed by atoms with van der Waals surface area (Å²) < 4.78 is 34.6. The molecule has 0 spiro atoms. The zero-order chi connectivity index (χ0) is 18.0. The van der Waals surface area contributed by atoms with Gasteiger partial charge in [0.1, 0.15) is 0 Å². The molecule has 0 fully saturated rings. The Bertz CT molecular complexity index is 796. The van der Waals surface area contributed by atoms with E-state index in [1.165, 1.54) is 25.3 Å². The van der Waals surface area contributed by atoms with Crippen LogP contribution in [0, 0.1) is 0 Å². The molecule has 1 aliphatic heterocycles. The SMILES string of the molecule is COc1ccc(C(=O)N2CCCc3c(N)cccc32)cc1OC(F)F. The molecule has 0 unspecified atom stereocenters. The first kappa shape index (κ1) is 17.0. The third-order valence-electron chi connectivity index (χ3n) is 4.16. The number of carbonyl (C=O) groups excluding carboxylic acids is 1. The Kier molecular flexibility index (Phi) is 4.74. The number of hydrogen-bond donors (Lipinski definition) is 1. The number of halogens is 2. The van der Waals surface area contributed by atoms with Gasteiger partial charge in [-0.25, -0.2) is 0 Å². The number of nitrogen functional groups attached to an aromatic ring is 1. The Hall–Kier alpha value is -2.83. The number of fused-ring (bicyclic) bond motifs is 1. The summed E-state index contributed by atoms with van der Waals surface area (Å²) in [6.07, 6.45) is 1.58. The molecule has 0 bridgehead atoms. The van der Waals surface area contributed by atoms with Crippen LogP contribution in [0.25, 0.3) is 0 Å². The maximum absolute atomic E-state index is 12.9. The Morgan fingerprint density at radius 3 is 2.76 bits per heavy atom. The van der Waals surface area contributed by atoms with Crippen LogP contribution in [0.1, 0.15) is 22.3 Å². The van der Waals surface area contributed by atoms with E-state index in [1.54, 1.807) is 17.0 Å². The molecule has 7 heteroatoms. The van der Waals surface area contributed by atoms with Crippen molar-refractivity contribution in [3.63, 3.8) is 0 Å². The lowest BCUT2D eigenvalue weighted by atomic mass is 9.99. The fourth-order valence-corrected chi connectivity index (χ4v) is 3.02. The minimum Gasteiger partial charge on any atom is -0.493 e. The van der Waals surface area contributed by atoms with E-state index in [2.05, 4.69) is 4.74 Å². The van der Waals surface area contributed by atoms with Gasteiger partial charge in [0.2, 0.25) is 0 Å². The van der Waals surface area contributed by atoms with Crippen LogP contribution < -0.4 is 20.1 Å². The van der Waals surface area contributed by atoms with Gasteiger partial charge in [-0.2, -0.15) is 8.78 Å². The van der Waals surface area contributed by atoms with Crippen LogP contribution in [0.15, 0.2) is 36.4 Å². The number of ether oxygens (including phenoxy) is 2. The number of carbonyl (C=O) groups is 1. The van der Waals surface area contributed by atoms with Crippen LogP contribution in [-0.4, -0.2) is 26.2 Å². The molecule has 3 rings (SSSR count). The summed E-state index contributed by atoms with van der Waals surface area (Å²) in [5, 5.41) is 0. The van der Waals surface area contributed by atoms with E-state index in [1.807, 2.05) is 6.07 Å². The van der Waals surface area contributed by atoms with Crippen molar-refractivity contribution < 1.29 is 23.0 Å². The van der Waals surface area contributed by atoms with Crippen LogP contribution in [0.3, 0.4) is 0 Å². The van der Waals surface area contributed by atoms with E-state index < -0.39 is 6.61 Å². The third-order valence-corrected chi connectivity index (χ3v) is 4.16. The highest BCUT2D eigenvalue weighted by atomic mass is 19.3. The van der Waals surface area contributed by atoms with Gasteiger partial charge in [-0.1, -0.05) is 6.07 Å². The van der Waals surface area contributed by atoms with Gasteiger partial charge < -0.3 is 20.1 Å². The fraction of sp³-hybridized carbons (Fsp3) is 0.278. The molecule has 0 atom stereocenters. The molecule has 1 amide bonds. The van der Waals surface area contributed by atoms with Gasteiger partial charge in [0.15, 0.2) is 11.5 Å². The van der Waals surface area contributed by atoms with Gasteiger partial charge in [-0.3, -0.25) is 4.79 Å². The highest BCUT2D eigenvalue weighted by molar-refractivity contribution is 6.07. The van der Waals surface area contributed by atoms with Gasteiger partial charge in [-0.05, 0) is 48.7 Å². The van der Waals surface area contributed by atoms with Gasteiger partial charge in [0.05, 0.1) is 7.11 Å². The van der Waals surface area contributed by atoms with Crippen LogP contribution in [0.2, 0.25) is 0 Å². The van der Waals surface area contributed by atoms with Gasteiger partial charge in [0, 0.05) is 23.5 Å². The van der Waals surface area contributed by atoms with E-state index >= 15 is 0 Å². The molecule has 0 radical (unpaired) electrons. The molecule has 2 aromatic carbocycles. The summed E-state index contributed by atoms with van der Waals surface area (Å²) in [5.74, 6) is -0.332. The van der Waals surface area contributed by atoms with Gasteiger partial charge in [0.25, 0.3) is 5.91 Å². The minimum atomic E-state index is -3.00. The number of alkyl halides is 2. The maximum atomic E-state index is 12.9. The molecule has 25 heavy (non-hydrogen) atoms. The highest BCUT2D eigenvalue weighted by Gasteiger charge is 2.25. The second-order valence-electron chi connectivity index (χ2n) is 5.65. The van der Waals surface area contributed by atoms with Crippen molar-refractivity contribution in [3.05, 3.63) is 47.5 Å². The largest absolute Gasteiger partial charge is 0.493 e. The Labute approximate surface area is 143 Å². The molecule has 2 N–H and O–H groups in total. The average molecular weight is 348 g/mol. The molecule has 1 heterocycles. The number of nitrogens with two attached hydrogens (primary N) is 1. The molecule has 0 saturated heterocycles. The number of nitrogens with zero attached hydrogens (tertiary/aromatic N) is 1. The number of rotatable bonds is 4. The van der Waals surface area contributed by atoms with Crippen molar-refractivity contribution in [3.8, 4) is 11.5 Å². The number of anilines is 2. The fourth-order valence-electron chi connectivity index (χ4n) is 3.02. The predicted octanol–water partition coefficient (Wildman–Crippen LogP) is 3.47. The molecule has 0 aromatic heterocycles. The summed E-state index contributed by atoms with van der Waals surface area (Å²) in [7, 11) is 1.35. The summed E-state index contributed by atoms with van der Waals surface area (Å²) in [5.41, 5.74) is 8.57. The molecular weight excluding hydrogens is 330 g/mol. The lowest BCUT2D eigenvalue weighted by Gasteiger charge is -2.30. The van der Waals surface area contributed by atoms with Crippen molar-refractivity contribution >= 4 is 17.3 Å². The quantitative estimate of drug-likeness (QED) is 0.860. The average Bonchev–Trinajstić information content (AvgIpc) is 2.60. The molecule has 0 saturated carbocycles. The first-order valence-electron chi connectivity index (χ1n) is 7.83. The van der Waals surface area contributed by atoms with Crippen LogP contribution in [0.5, 0.6) is 11.5 Å². The van der Waals surface area contributed by atoms with Gasteiger partial charge in [-0.15, -0.1) is 0 Å². The first-order valence-corrected chi connectivity index (χ1v) is 7.83. The maximum Gasteiger partial charge on any atom is 0.387 e. The second kappa shape index (κ2) is 6.96. The summed E-state index contributed by atoms with van der Waals surface area (Å²) in [6, 6.07) is 9.67. The lowest BCUT2D eigenvalue weighted by molar-refractivity contribution is -0.0512. The van der Waals surface area contributed by atoms with Crippen LogP contribution >= 0.6 is 0 Å². The third kappa shape index (κ3) is 3.35. The monoisotopic (exact) mass is 348 g/mol. The van der Waals surface area contributed by atoms with E-state index in [0.29, 0.717) is 12.2 Å². The summed E-state index contributed by atoms with van der Waals surface area (Å²) >= 11 is 0. The van der Waals surface area contributed by atoms with E-state index in [-0.39, 0.29) is 23.0 Å². The molecule has 2 aromatic rings. The first-order chi connectivity index (χ1) is 12.0. The smallest absolute Gasteiger partial charge is 0.387 e. The molecule has 5 nitrogen and oxygen atoms in total. The summed E-state index contributed by atoms with van der Waals surface area (Å²) in [6.45, 7) is -2.47. The van der Waals surface area contributed by atoms with Crippen molar-refractivity contribution in [2.75, 3.05) is 24.3 Å². The topological polar surface area (TPSA) is 64.8 Å². The Morgan fingerprint density at radius 2 is 2.04 bits per heavy atom. The zero-order valence-electron chi connectivity index (χ0n) is 13.7. The van der Waals surface area contributed by atoms with E-state index in [0.717, 1.165) is 24.1 Å². The zero-order valence-corrected chi connectivity index (χ0v) is 13.7. The molecule has 132 valence electrons. The normalized spacial score (nSPS) is 13.5. The molecule has 1 aliphatic rings. The van der Waals surface area contributed by atoms with Crippen molar-refractivity contribution in [1.82, 2.24) is 0 Å². The lowest BCUT2D eigenvalue weighted by Crippen LogP contribution is -2.35. The Balaban J connectivity index is 1.96. The van der Waals surface area contributed by atoms with E-state index in [4.69, 9.17) is 10.5 Å². The second-order valence-corrected chi connectivity index (χ2v) is 5.65. The van der Waals surface area contributed by atoms with Crippen molar-refractivity contribution in [2.45, 2.75) is 19.5 Å². The molecular formula is C18H18F2N2O3. The van der Waals surface area contributed by atoms with Crippen molar-refractivity contribution in [2.24, 2.45) is 0 Å². The minimum absolute atomic E-state index is 0.139. The number of benzene rings is 2. The highest BCUT2D eigenvalue weighted by Crippen LogP contribution is 2.34. The number of hydrogen-bond acceptors (Lipinski definition) is 4. The number of amides is 1. The Morgan fingerprint density at radius 1 is 1.24 bits per heavy atom. The number of methoxy groups -OCH3 is 1.